The van der Waals surface area contributed by atoms with E-state index in [0.717, 1.165) is 0 Å². The van der Waals surface area contributed by atoms with Crippen molar-refractivity contribution in [3.63, 3.8) is 0 Å². The highest BCUT2D eigenvalue weighted by atomic mass is 35.5. The van der Waals surface area contributed by atoms with Crippen LogP contribution in [0, 0.1) is 0 Å². The molecule has 0 atom stereocenters. The number of pyridine rings is 1. The molecular formula is C6H5ClF2N2O3S. The van der Waals surface area contributed by atoms with Crippen LogP contribution < -0.4 is 5.14 Å². The van der Waals surface area contributed by atoms with Crippen molar-refractivity contribution >= 4 is 21.6 Å². The van der Waals surface area contributed by atoms with Crippen LogP contribution in [-0.2, 0) is 10.0 Å². The summed E-state index contributed by atoms with van der Waals surface area (Å²) >= 11 is 5.32. The molecule has 0 saturated heterocycles. The van der Waals surface area contributed by atoms with E-state index in [0.29, 0.717) is 6.07 Å². The van der Waals surface area contributed by atoms with E-state index in [1.165, 1.54) is 0 Å². The van der Waals surface area contributed by atoms with E-state index in [1.807, 2.05) is 0 Å². The molecule has 0 bridgehead atoms. The van der Waals surface area contributed by atoms with E-state index >= 15 is 0 Å². The van der Waals surface area contributed by atoms with Gasteiger partial charge in [-0.25, -0.2) is 27.3 Å². The molecule has 1 rings (SSSR count). The molecule has 5 nitrogen and oxygen atoms in total. The van der Waals surface area contributed by atoms with Crippen LogP contribution in [0.2, 0.25) is 5.15 Å². The number of rotatable bonds is 2. The molecule has 84 valence electrons. The van der Waals surface area contributed by atoms with Gasteiger partial charge in [0.25, 0.3) is 6.43 Å². The Morgan fingerprint density at radius 2 is 2.07 bits per heavy atom. The quantitative estimate of drug-likeness (QED) is 0.775. The van der Waals surface area contributed by atoms with E-state index < -0.39 is 37.9 Å². The number of hydrogen-bond donors (Lipinski definition) is 2. The number of aromatic nitrogens is 1. The molecule has 1 aromatic heterocycles. The van der Waals surface area contributed by atoms with Crippen molar-refractivity contribution in [1.29, 1.82) is 0 Å². The van der Waals surface area contributed by atoms with Gasteiger partial charge in [-0.05, 0) is 0 Å². The second-order valence-corrected chi connectivity index (χ2v) is 4.42. The van der Waals surface area contributed by atoms with Crippen molar-refractivity contribution in [2.24, 2.45) is 5.14 Å². The van der Waals surface area contributed by atoms with Crippen molar-refractivity contribution < 1.29 is 22.3 Å². The van der Waals surface area contributed by atoms with Gasteiger partial charge in [0, 0.05) is 6.07 Å². The molecule has 0 fully saturated rings. The molecule has 0 amide bonds. The van der Waals surface area contributed by atoms with Gasteiger partial charge in [0.2, 0.25) is 10.0 Å². The molecule has 0 aliphatic rings. The van der Waals surface area contributed by atoms with E-state index in [1.54, 1.807) is 0 Å². The Bertz CT molecular complexity index is 491. The molecule has 0 spiro atoms. The number of sulfonamides is 1. The Balaban J connectivity index is 3.46. The topological polar surface area (TPSA) is 93.3 Å². The van der Waals surface area contributed by atoms with Gasteiger partial charge in [-0.1, -0.05) is 11.6 Å². The van der Waals surface area contributed by atoms with Gasteiger partial charge in [-0.3, -0.25) is 0 Å². The average molecular weight is 259 g/mol. The second-order valence-electron chi connectivity index (χ2n) is 2.53. The number of nitrogens with zero attached hydrogens (tertiary/aromatic N) is 1. The largest absolute Gasteiger partial charge is 0.506 e. The molecule has 1 heterocycles. The minimum absolute atomic E-state index is 0.534. The molecule has 0 radical (unpaired) electrons. The molecule has 0 aliphatic heterocycles. The molecule has 9 heteroatoms. The highest BCUT2D eigenvalue weighted by Gasteiger charge is 2.22. The number of aromatic hydroxyl groups is 1. The van der Waals surface area contributed by atoms with Crippen LogP contribution in [0.5, 0.6) is 5.75 Å². The molecule has 0 aliphatic carbocycles. The highest BCUT2D eigenvalue weighted by Crippen LogP contribution is 2.31. The number of nitrogens with two attached hydrogens (primary N) is 1. The highest BCUT2D eigenvalue weighted by molar-refractivity contribution is 7.89. The first-order valence-corrected chi connectivity index (χ1v) is 5.36. The fourth-order valence-electron chi connectivity index (χ4n) is 0.836. The maximum atomic E-state index is 12.2. The van der Waals surface area contributed by atoms with Crippen LogP contribution in [0.3, 0.4) is 0 Å². The van der Waals surface area contributed by atoms with Gasteiger partial charge in [0.15, 0.2) is 0 Å². The molecular weight excluding hydrogens is 254 g/mol. The predicted molar refractivity (Wildman–Crippen MR) is 47.2 cm³/mol. The number of hydrogen-bond acceptors (Lipinski definition) is 4. The maximum Gasteiger partial charge on any atom is 0.284 e. The van der Waals surface area contributed by atoms with E-state index in [-0.39, 0.29) is 0 Å². The van der Waals surface area contributed by atoms with E-state index in [4.69, 9.17) is 21.8 Å². The van der Waals surface area contributed by atoms with Crippen molar-refractivity contribution in [2.75, 3.05) is 0 Å². The van der Waals surface area contributed by atoms with Gasteiger partial charge in [-0.2, -0.15) is 0 Å². The minimum Gasteiger partial charge on any atom is -0.506 e. The Morgan fingerprint density at radius 1 is 1.53 bits per heavy atom. The first-order chi connectivity index (χ1) is 6.73. The molecule has 3 N–H and O–H groups in total. The monoisotopic (exact) mass is 258 g/mol. The average Bonchev–Trinajstić information content (AvgIpc) is 2.06. The van der Waals surface area contributed by atoms with E-state index in [2.05, 4.69) is 4.98 Å². The zero-order chi connectivity index (χ0) is 11.8. The van der Waals surface area contributed by atoms with Crippen molar-refractivity contribution in [3.8, 4) is 5.75 Å². The molecule has 1 aromatic rings. The zero-order valence-electron chi connectivity index (χ0n) is 6.99. The summed E-state index contributed by atoms with van der Waals surface area (Å²) in [5, 5.41) is 13.0. The predicted octanol–water partition coefficient (Wildman–Crippen LogP) is 1.03. The van der Waals surface area contributed by atoms with Crippen LogP contribution >= 0.6 is 11.6 Å². The van der Waals surface area contributed by atoms with Gasteiger partial charge < -0.3 is 5.11 Å². The zero-order valence-corrected chi connectivity index (χ0v) is 8.56. The first-order valence-electron chi connectivity index (χ1n) is 3.44. The van der Waals surface area contributed by atoms with Crippen molar-refractivity contribution in [1.82, 2.24) is 4.98 Å². The summed E-state index contributed by atoms with van der Waals surface area (Å²) in [7, 11) is -4.20. The lowest BCUT2D eigenvalue weighted by Crippen LogP contribution is -2.13. The summed E-state index contributed by atoms with van der Waals surface area (Å²) in [6.07, 6.45) is -3.06. The standard InChI is InChI=1S/C6H5ClF2N2O3S/c7-5-3(15(10,13)14)1-2(12)4(11-5)6(8)9/h1,6,12H,(H2,10,13,14). The lowest BCUT2D eigenvalue weighted by molar-refractivity contribution is 0.141. The third kappa shape index (κ3) is 2.52. The number of halogens is 3. The van der Waals surface area contributed by atoms with Gasteiger partial charge in [0.05, 0.1) is 0 Å². The Labute approximate surface area is 88.5 Å². The van der Waals surface area contributed by atoms with Gasteiger partial charge in [-0.15, -0.1) is 0 Å². The number of primary sulfonamides is 1. The summed E-state index contributed by atoms with van der Waals surface area (Å²) in [5.74, 6) is -0.974. The Morgan fingerprint density at radius 3 is 2.47 bits per heavy atom. The summed E-state index contributed by atoms with van der Waals surface area (Å²) in [5.41, 5.74) is -0.993. The molecule has 15 heavy (non-hydrogen) atoms. The summed E-state index contributed by atoms with van der Waals surface area (Å²) in [4.78, 5) is 2.34. The Kier molecular flexibility index (Phi) is 3.12. The van der Waals surface area contributed by atoms with Crippen LogP contribution in [0.15, 0.2) is 11.0 Å². The number of alkyl halides is 2. The second kappa shape index (κ2) is 3.87. The fraction of sp³-hybridized carbons (Fsp3) is 0.167. The third-order valence-corrected chi connectivity index (χ3v) is 2.79. The maximum absolute atomic E-state index is 12.2. The minimum atomic E-state index is -4.20. The SMILES string of the molecule is NS(=O)(=O)c1cc(O)c(C(F)F)nc1Cl. The van der Waals surface area contributed by atoms with Gasteiger partial charge >= 0.3 is 0 Å². The lowest BCUT2D eigenvalue weighted by atomic mass is 10.3. The van der Waals surface area contributed by atoms with E-state index in [9.17, 15) is 17.2 Å². The summed E-state index contributed by atoms with van der Waals surface area (Å²) < 4.78 is 46.0. The molecule has 0 saturated carbocycles. The van der Waals surface area contributed by atoms with Crippen molar-refractivity contribution in [2.45, 2.75) is 11.3 Å². The van der Waals surface area contributed by atoms with Gasteiger partial charge in [0.1, 0.15) is 21.5 Å². The first kappa shape index (κ1) is 12.1. The molecule has 0 aromatic carbocycles. The molecule has 0 unspecified atom stereocenters. The lowest BCUT2D eigenvalue weighted by Gasteiger charge is -2.06. The normalized spacial score (nSPS) is 12.1. The van der Waals surface area contributed by atoms with Crippen LogP contribution in [-0.4, -0.2) is 18.5 Å². The Hall–Kier alpha value is -0.990. The smallest absolute Gasteiger partial charge is 0.284 e. The van der Waals surface area contributed by atoms with Crippen LogP contribution in [0.25, 0.3) is 0 Å². The summed E-state index contributed by atoms with van der Waals surface area (Å²) in [6.45, 7) is 0. The third-order valence-electron chi connectivity index (χ3n) is 1.47. The van der Waals surface area contributed by atoms with Crippen LogP contribution in [0.4, 0.5) is 8.78 Å². The van der Waals surface area contributed by atoms with Crippen LogP contribution in [0.1, 0.15) is 12.1 Å². The fourth-order valence-corrected chi connectivity index (χ4v) is 1.86. The van der Waals surface area contributed by atoms with Crippen molar-refractivity contribution in [3.05, 3.63) is 16.9 Å². The summed E-state index contributed by atoms with van der Waals surface area (Å²) in [6, 6.07) is 0.534.